The zero-order chi connectivity index (χ0) is 15.4. The lowest BCUT2D eigenvalue weighted by Gasteiger charge is -2.33. The molecular weight excluding hydrogens is 264 g/mol. The third-order valence-corrected chi connectivity index (χ3v) is 7.56. The molecule has 128 valence electrons. The molecule has 0 N–H and O–H groups in total. The number of hydrogen-bond acceptors (Lipinski definition) is 0. The third kappa shape index (κ3) is 4.51. The van der Waals surface area contributed by atoms with Crippen LogP contribution in [0.4, 0.5) is 0 Å². The van der Waals surface area contributed by atoms with Crippen LogP contribution in [0.25, 0.3) is 0 Å². The van der Waals surface area contributed by atoms with Crippen LogP contribution >= 0.6 is 0 Å². The second-order valence-corrected chi connectivity index (χ2v) is 9.46. The smallest absolute Gasteiger partial charge is 0.0355 e. The van der Waals surface area contributed by atoms with Gasteiger partial charge in [-0.3, -0.25) is 0 Å². The lowest BCUT2D eigenvalue weighted by atomic mass is 9.72. The maximum absolute atomic E-state index is 2.54. The van der Waals surface area contributed by atoms with E-state index in [1.807, 2.05) is 0 Å². The summed E-state index contributed by atoms with van der Waals surface area (Å²) >= 11 is 0. The van der Waals surface area contributed by atoms with Crippen LogP contribution in [0.2, 0.25) is 0 Å². The maximum atomic E-state index is 2.54. The van der Waals surface area contributed by atoms with Crippen LogP contribution in [0.3, 0.4) is 0 Å². The monoisotopic (exact) mass is 304 g/mol. The topological polar surface area (TPSA) is 0 Å². The van der Waals surface area contributed by atoms with E-state index in [-0.39, 0.29) is 0 Å². The van der Waals surface area contributed by atoms with Gasteiger partial charge in [-0.15, -0.1) is 0 Å². The highest BCUT2D eigenvalue weighted by Gasteiger charge is 2.38. The van der Waals surface area contributed by atoms with E-state index in [1.54, 1.807) is 32.1 Å². The van der Waals surface area contributed by atoms with Crippen molar-refractivity contribution in [1.29, 1.82) is 0 Å². The van der Waals surface area contributed by atoms with Crippen LogP contribution in [0, 0.1) is 35.5 Å². The standard InChI is InChI=1S/C22H40/c1-17(15-19-8-4-3-5-9-19)7-6-10-20-13-14-21-12-11-18(2)16-22(20)21/h17-22H,3-16H2,1-2H3. The molecule has 22 heavy (non-hydrogen) atoms. The van der Waals surface area contributed by atoms with Gasteiger partial charge >= 0.3 is 0 Å². The van der Waals surface area contributed by atoms with Gasteiger partial charge in [0.2, 0.25) is 0 Å². The van der Waals surface area contributed by atoms with Crippen LogP contribution in [-0.2, 0) is 0 Å². The Labute approximate surface area is 139 Å². The lowest BCUT2D eigenvalue weighted by Crippen LogP contribution is -2.23. The first kappa shape index (κ1) is 16.8. The van der Waals surface area contributed by atoms with Crippen LogP contribution < -0.4 is 0 Å². The SMILES string of the molecule is CC(CCCC1CCC2CCC(C)CC12)CC1CCCCC1. The summed E-state index contributed by atoms with van der Waals surface area (Å²) in [6.07, 6.45) is 21.5. The van der Waals surface area contributed by atoms with E-state index in [2.05, 4.69) is 13.8 Å². The van der Waals surface area contributed by atoms with Gasteiger partial charge < -0.3 is 0 Å². The summed E-state index contributed by atoms with van der Waals surface area (Å²) in [5.74, 6) is 6.45. The lowest BCUT2D eigenvalue weighted by molar-refractivity contribution is 0.173. The van der Waals surface area contributed by atoms with Gasteiger partial charge in [-0.05, 0) is 67.6 Å². The van der Waals surface area contributed by atoms with Crippen molar-refractivity contribution < 1.29 is 0 Å². The van der Waals surface area contributed by atoms with Crippen molar-refractivity contribution in [2.24, 2.45) is 35.5 Å². The fourth-order valence-corrected chi connectivity index (χ4v) is 6.26. The molecule has 0 radical (unpaired) electrons. The van der Waals surface area contributed by atoms with E-state index in [1.165, 1.54) is 57.8 Å². The largest absolute Gasteiger partial charge is 0.0625 e. The van der Waals surface area contributed by atoms with Crippen molar-refractivity contribution in [3.05, 3.63) is 0 Å². The summed E-state index contributed by atoms with van der Waals surface area (Å²) in [5.41, 5.74) is 0. The molecule has 5 unspecified atom stereocenters. The first-order chi connectivity index (χ1) is 10.7. The third-order valence-electron chi connectivity index (χ3n) is 7.56. The number of rotatable bonds is 6. The van der Waals surface area contributed by atoms with Gasteiger partial charge in [-0.25, -0.2) is 0 Å². The Balaban J connectivity index is 1.34. The molecule has 5 atom stereocenters. The summed E-state index contributed by atoms with van der Waals surface area (Å²) in [6, 6.07) is 0. The summed E-state index contributed by atoms with van der Waals surface area (Å²) in [5, 5.41) is 0. The van der Waals surface area contributed by atoms with Crippen LogP contribution in [0.15, 0.2) is 0 Å². The average Bonchev–Trinajstić information content (AvgIpc) is 2.91. The fourth-order valence-electron chi connectivity index (χ4n) is 6.26. The van der Waals surface area contributed by atoms with Crippen molar-refractivity contribution in [1.82, 2.24) is 0 Å². The molecule has 0 aromatic heterocycles. The van der Waals surface area contributed by atoms with Gasteiger partial charge in [0.15, 0.2) is 0 Å². The Kier molecular flexibility index (Phi) is 6.28. The minimum Gasteiger partial charge on any atom is -0.0625 e. The Morgan fingerprint density at radius 2 is 1.68 bits per heavy atom. The van der Waals surface area contributed by atoms with Crippen LogP contribution in [0.1, 0.15) is 104 Å². The highest BCUT2D eigenvalue weighted by Crippen LogP contribution is 2.49. The summed E-state index contributed by atoms with van der Waals surface area (Å²) in [6.45, 7) is 5.03. The molecular formula is C22H40. The van der Waals surface area contributed by atoms with Crippen molar-refractivity contribution >= 4 is 0 Å². The van der Waals surface area contributed by atoms with Gasteiger partial charge in [0.05, 0.1) is 0 Å². The molecule has 3 rings (SSSR count). The Morgan fingerprint density at radius 3 is 2.50 bits per heavy atom. The molecule has 3 fully saturated rings. The first-order valence-corrected chi connectivity index (χ1v) is 10.7. The molecule has 3 saturated carbocycles. The average molecular weight is 305 g/mol. The van der Waals surface area contributed by atoms with Gasteiger partial charge in [-0.1, -0.05) is 71.6 Å². The summed E-state index contributed by atoms with van der Waals surface area (Å²) < 4.78 is 0. The quantitative estimate of drug-likeness (QED) is 0.485. The Hall–Kier alpha value is 0. The van der Waals surface area contributed by atoms with Crippen molar-refractivity contribution in [2.75, 3.05) is 0 Å². The molecule has 0 aromatic rings. The van der Waals surface area contributed by atoms with Crippen molar-refractivity contribution in [2.45, 2.75) is 104 Å². The van der Waals surface area contributed by atoms with Gasteiger partial charge in [0.25, 0.3) is 0 Å². The molecule has 0 heteroatoms. The highest BCUT2D eigenvalue weighted by atomic mass is 14.4. The molecule has 0 heterocycles. The predicted octanol–water partition coefficient (Wildman–Crippen LogP) is 7.23. The van der Waals surface area contributed by atoms with Gasteiger partial charge in [-0.2, -0.15) is 0 Å². The molecule has 0 aromatic carbocycles. The number of fused-ring (bicyclic) bond motifs is 1. The van der Waals surface area contributed by atoms with E-state index in [9.17, 15) is 0 Å². The molecule has 0 nitrogen and oxygen atoms in total. The highest BCUT2D eigenvalue weighted by molar-refractivity contribution is 4.89. The zero-order valence-corrected chi connectivity index (χ0v) is 15.4. The minimum atomic E-state index is 0.991. The van der Waals surface area contributed by atoms with Crippen LogP contribution in [0.5, 0.6) is 0 Å². The zero-order valence-electron chi connectivity index (χ0n) is 15.4. The molecule has 3 aliphatic carbocycles. The molecule has 0 amide bonds. The summed E-state index contributed by atoms with van der Waals surface area (Å²) in [7, 11) is 0. The van der Waals surface area contributed by atoms with E-state index in [0.29, 0.717) is 0 Å². The second kappa shape index (κ2) is 8.20. The first-order valence-electron chi connectivity index (χ1n) is 10.7. The molecule has 0 bridgehead atoms. The molecule has 3 aliphatic rings. The van der Waals surface area contributed by atoms with Gasteiger partial charge in [0.1, 0.15) is 0 Å². The van der Waals surface area contributed by atoms with Crippen LogP contribution in [-0.4, -0.2) is 0 Å². The minimum absolute atomic E-state index is 0.991. The van der Waals surface area contributed by atoms with E-state index >= 15 is 0 Å². The Bertz CT molecular complexity index is 314. The Morgan fingerprint density at radius 1 is 0.909 bits per heavy atom. The molecule has 0 spiro atoms. The second-order valence-electron chi connectivity index (χ2n) is 9.46. The van der Waals surface area contributed by atoms with Crippen molar-refractivity contribution in [3.8, 4) is 0 Å². The number of hydrogen-bond donors (Lipinski definition) is 0. The van der Waals surface area contributed by atoms with Gasteiger partial charge in [0, 0.05) is 0 Å². The predicted molar refractivity (Wildman–Crippen MR) is 96.9 cm³/mol. The maximum Gasteiger partial charge on any atom is -0.0355 e. The van der Waals surface area contributed by atoms with Crippen molar-refractivity contribution in [3.63, 3.8) is 0 Å². The molecule has 0 aliphatic heterocycles. The normalized spacial score (nSPS) is 37.9. The fraction of sp³-hybridized carbons (Fsp3) is 1.00. The van der Waals surface area contributed by atoms with E-state index < -0.39 is 0 Å². The molecule has 0 saturated heterocycles. The van der Waals surface area contributed by atoms with E-state index in [4.69, 9.17) is 0 Å². The summed E-state index contributed by atoms with van der Waals surface area (Å²) in [4.78, 5) is 0. The van der Waals surface area contributed by atoms with E-state index in [0.717, 1.165) is 35.5 Å².